The topological polar surface area (TPSA) is 38.3 Å². The van der Waals surface area contributed by atoms with Gasteiger partial charge in [-0.1, -0.05) is 13.0 Å². The van der Waals surface area contributed by atoms with Gasteiger partial charge in [-0.2, -0.15) is 0 Å². The molecule has 0 rings (SSSR count). The average Bonchev–Trinajstić information content (AvgIpc) is 2.04. The summed E-state index contributed by atoms with van der Waals surface area (Å²) in [6, 6.07) is 0.154. The van der Waals surface area contributed by atoms with Gasteiger partial charge in [-0.25, -0.2) is 4.79 Å². The van der Waals surface area contributed by atoms with Crippen LogP contribution in [0.5, 0.6) is 0 Å². The van der Waals surface area contributed by atoms with Gasteiger partial charge < -0.3 is 10.1 Å². The van der Waals surface area contributed by atoms with Crippen LogP contribution in [0.2, 0.25) is 0 Å². The van der Waals surface area contributed by atoms with Crippen LogP contribution in [0.25, 0.3) is 0 Å². The van der Waals surface area contributed by atoms with Crippen LogP contribution in [-0.4, -0.2) is 18.7 Å². The number of hydrogen-bond donors (Lipinski definition) is 1. The van der Waals surface area contributed by atoms with Crippen molar-refractivity contribution >= 4 is 6.09 Å². The molecule has 0 aliphatic rings. The van der Waals surface area contributed by atoms with E-state index in [1.807, 2.05) is 6.92 Å². The Kier molecular flexibility index (Phi) is 6.15. The molecule has 0 radical (unpaired) electrons. The van der Waals surface area contributed by atoms with Gasteiger partial charge in [0.25, 0.3) is 0 Å². The van der Waals surface area contributed by atoms with Crippen molar-refractivity contribution in [3.05, 3.63) is 12.7 Å². The quantitative estimate of drug-likeness (QED) is 0.643. The van der Waals surface area contributed by atoms with E-state index in [2.05, 4.69) is 11.9 Å². The van der Waals surface area contributed by atoms with Crippen LogP contribution in [0.1, 0.15) is 26.7 Å². The van der Waals surface area contributed by atoms with Crippen molar-refractivity contribution in [3.63, 3.8) is 0 Å². The van der Waals surface area contributed by atoms with Gasteiger partial charge in [0.2, 0.25) is 0 Å². The standard InChI is InChI=1S/C9H17NO2/c1-4-7-8(5-2)10-9(11)12-6-3/h4,8H,1,5-7H2,2-3H3,(H,10,11). The molecule has 1 amide bonds. The van der Waals surface area contributed by atoms with Crippen molar-refractivity contribution in [3.8, 4) is 0 Å². The van der Waals surface area contributed by atoms with Gasteiger partial charge in [-0.15, -0.1) is 6.58 Å². The van der Waals surface area contributed by atoms with Crippen LogP contribution >= 0.6 is 0 Å². The Morgan fingerprint density at radius 1 is 1.67 bits per heavy atom. The minimum atomic E-state index is -0.341. The smallest absolute Gasteiger partial charge is 0.407 e. The van der Waals surface area contributed by atoms with Crippen LogP contribution in [-0.2, 0) is 4.74 Å². The molecule has 0 aliphatic carbocycles. The molecule has 1 N–H and O–H groups in total. The Morgan fingerprint density at radius 3 is 2.75 bits per heavy atom. The lowest BCUT2D eigenvalue weighted by Gasteiger charge is -2.13. The molecule has 70 valence electrons. The van der Waals surface area contributed by atoms with Gasteiger partial charge in [-0.3, -0.25) is 0 Å². The molecule has 3 nitrogen and oxygen atoms in total. The van der Waals surface area contributed by atoms with Crippen molar-refractivity contribution in [2.45, 2.75) is 32.7 Å². The lowest BCUT2D eigenvalue weighted by atomic mass is 10.1. The first-order valence-corrected chi connectivity index (χ1v) is 4.28. The summed E-state index contributed by atoms with van der Waals surface area (Å²) in [6.07, 6.45) is 3.13. The van der Waals surface area contributed by atoms with Gasteiger partial charge in [-0.05, 0) is 19.8 Å². The van der Waals surface area contributed by atoms with E-state index in [-0.39, 0.29) is 12.1 Å². The highest BCUT2D eigenvalue weighted by atomic mass is 16.5. The molecule has 0 heterocycles. The summed E-state index contributed by atoms with van der Waals surface area (Å²) in [7, 11) is 0. The van der Waals surface area contributed by atoms with Gasteiger partial charge in [0.1, 0.15) is 0 Å². The molecule has 0 aliphatic heterocycles. The lowest BCUT2D eigenvalue weighted by molar-refractivity contribution is 0.148. The first-order chi connectivity index (χ1) is 5.74. The zero-order valence-corrected chi connectivity index (χ0v) is 7.80. The summed E-state index contributed by atoms with van der Waals surface area (Å²) in [5.41, 5.74) is 0. The molecular formula is C9H17NO2. The number of carbonyl (C=O) groups is 1. The fourth-order valence-corrected chi connectivity index (χ4v) is 0.868. The number of alkyl carbamates (subject to hydrolysis) is 1. The molecule has 0 saturated heterocycles. The third-order valence-electron chi connectivity index (χ3n) is 1.54. The minimum Gasteiger partial charge on any atom is -0.450 e. The number of amides is 1. The average molecular weight is 171 g/mol. The Labute approximate surface area is 73.8 Å². The number of hydrogen-bond acceptors (Lipinski definition) is 2. The molecule has 0 spiro atoms. The molecule has 12 heavy (non-hydrogen) atoms. The van der Waals surface area contributed by atoms with Crippen molar-refractivity contribution in [2.24, 2.45) is 0 Å². The third kappa shape index (κ3) is 4.77. The summed E-state index contributed by atoms with van der Waals surface area (Å²) in [5.74, 6) is 0. The summed E-state index contributed by atoms with van der Waals surface area (Å²) in [5, 5.41) is 2.74. The van der Waals surface area contributed by atoms with E-state index < -0.39 is 0 Å². The SMILES string of the molecule is C=CCC(CC)NC(=O)OCC. The monoisotopic (exact) mass is 171 g/mol. The van der Waals surface area contributed by atoms with E-state index >= 15 is 0 Å². The van der Waals surface area contributed by atoms with Crippen molar-refractivity contribution in [1.29, 1.82) is 0 Å². The first-order valence-electron chi connectivity index (χ1n) is 4.28. The summed E-state index contributed by atoms with van der Waals surface area (Å²) >= 11 is 0. The van der Waals surface area contributed by atoms with E-state index in [0.717, 1.165) is 12.8 Å². The first kappa shape index (κ1) is 11.0. The van der Waals surface area contributed by atoms with Crippen molar-refractivity contribution < 1.29 is 9.53 Å². The highest BCUT2D eigenvalue weighted by molar-refractivity contribution is 5.67. The van der Waals surface area contributed by atoms with Crippen LogP contribution in [0.4, 0.5) is 4.79 Å². The zero-order valence-electron chi connectivity index (χ0n) is 7.80. The van der Waals surface area contributed by atoms with Crippen LogP contribution < -0.4 is 5.32 Å². The molecule has 1 atom stereocenters. The van der Waals surface area contributed by atoms with Crippen LogP contribution in [0, 0.1) is 0 Å². The molecule has 0 aromatic rings. The number of nitrogens with one attached hydrogen (secondary N) is 1. The largest absolute Gasteiger partial charge is 0.450 e. The second-order valence-electron chi connectivity index (χ2n) is 2.49. The number of rotatable bonds is 5. The number of carbonyl (C=O) groups excluding carboxylic acids is 1. The molecule has 0 bridgehead atoms. The predicted octanol–water partition coefficient (Wildman–Crippen LogP) is 2.09. The maximum atomic E-state index is 10.9. The fourth-order valence-electron chi connectivity index (χ4n) is 0.868. The van der Waals surface area contributed by atoms with E-state index in [0.29, 0.717) is 6.61 Å². The van der Waals surface area contributed by atoms with E-state index in [4.69, 9.17) is 4.74 Å². The molecule has 0 aromatic carbocycles. The minimum absolute atomic E-state index is 0.154. The highest BCUT2D eigenvalue weighted by Crippen LogP contribution is 1.98. The molecule has 1 unspecified atom stereocenters. The predicted molar refractivity (Wildman–Crippen MR) is 49.1 cm³/mol. The van der Waals surface area contributed by atoms with Gasteiger partial charge in [0.15, 0.2) is 0 Å². The Balaban J connectivity index is 3.68. The van der Waals surface area contributed by atoms with Crippen molar-refractivity contribution in [1.82, 2.24) is 5.32 Å². The Morgan fingerprint density at radius 2 is 2.33 bits per heavy atom. The Hall–Kier alpha value is -0.990. The molecule has 0 saturated carbocycles. The van der Waals surface area contributed by atoms with E-state index in [1.54, 1.807) is 13.0 Å². The molecule has 3 heteroatoms. The Bertz CT molecular complexity index is 145. The third-order valence-corrected chi connectivity index (χ3v) is 1.54. The lowest BCUT2D eigenvalue weighted by Crippen LogP contribution is -2.34. The van der Waals surface area contributed by atoms with E-state index in [1.165, 1.54) is 0 Å². The summed E-state index contributed by atoms with van der Waals surface area (Å²) in [4.78, 5) is 10.9. The summed E-state index contributed by atoms with van der Waals surface area (Å²) in [6.45, 7) is 7.82. The normalized spacial score (nSPS) is 11.8. The fraction of sp³-hybridized carbons (Fsp3) is 0.667. The maximum Gasteiger partial charge on any atom is 0.407 e. The van der Waals surface area contributed by atoms with Gasteiger partial charge in [0, 0.05) is 6.04 Å². The summed E-state index contributed by atoms with van der Waals surface area (Å²) < 4.78 is 4.74. The zero-order chi connectivity index (χ0) is 9.40. The van der Waals surface area contributed by atoms with Gasteiger partial charge >= 0.3 is 6.09 Å². The molecular weight excluding hydrogens is 154 g/mol. The maximum absolute atomic E-state index is 10.9. The molecule has 0 fully saturated rings. The number of ether oxygens (including phenoxy) is 1. The van der Waals surface area contributed by atoms with Gasteiger partial charge in [0.05, 0.1) is 6.61 Å². The van der Waals surface area contributed by atoms with Crippen LogP contribution in [0.3, 0.4) is 0 Å². The second kappa shape index (κ2) is 6.70. The highest BCUT2D eigenvalue weighted by Gasteiger charge is 2.07. The second-order valence-corrected chi connectivity index (χ2v) is 2.49. The van der Waals surface area contributed by atoms with E-state index in [9.17, 15) is 4.79 Å². The van der Waals surface area contributed by atoms with Crippen molar-refractivity contribution in [2.75, 3.05) is 6.61 Å². The van der Waals surface area contributed by atoms with Crippen LogP contribution in [0.15, 0.2) is 12.7 Å². The molecule has 0 aromatic heterocycles.